The standard InChI is InChI=1S/C18H34N2O3/c1-17(2,3)23-16(22)20-13-10-8-6-7-9-12(13)19-14-11-15(21)18(14,4)5/h12-15,19,21H,6-11H2,1-5H3,(H,20,22). The van der Waals surface area contributed by atoms with Crippen LogP contribution in [0.4, 0.5) is 4.79 Å². The number of ether oxygens (including phenoxy) is 1. The summed E-state index contributed by atoms with van der Waals surface area (Å²) in [6.45, 7) is 9.85. The van der Waals surface area contributed by atoms with Crippen LogP contribution in [-0.4, -0.2) is 41.0 Å². The van der Waals surface area contributed by atoms with Crippen molar-refractivity contribution in [2.75, 3.05) is 0 Å². The molecular weight excluding hydrogens is 292 g/mol. The van der Waals surface area contributed by atoms with Crippen molar-refractivity contribution in [2.24, 2.45) is 5.41 Å². The normalized spacial score (nSPS) is 34.2. The summed E-state index contributed by atoms with van der Waals surface area (Å²) < 4.78 is 5.42. The van der Waals surface area contributed by atoms with E-state index in [1.165, 1.54) is 12.8 Å². The topological polar surface area (TPSA) is 70.6 Å². The molecule has 5 heteroatoms. The molecular formula is C18H34N2O3. The molecule has 0 heterocycles. The van der Waals surface area contributed by atoms with Crippen molar-refractivity contribution < 1.29 is 14.6 Å². The predicted molar refractivity (Wildman–Crippen MR) is 91.4 cm³/mol. The molecule has 0 aromatic rings. The third-order valence-electron chi connectivity index (χ3n) is 5.35. The number of carbonyl (C=O) groups excluding carboxylic acids is 1. The maximum Gasteiger partial charge on any atom is 0.407 e. The minimum Gasteiger partial charge on any atom is -0.444 e. The molecule has 1 amide bonds. The van der Waals surface area contributed by atoms with Gasteiger partial charge in [-0.3, -0.25) is 0 Å². The monoisotopic (exact) mass is 326 g/mol. The van der Waals surface area contributed by atoms with Gasteiger partial charge in [-0.05, 0) is 40.0 Å². The number of aliphatic hydroxyl groups excluding tert-OH is 1. The molecule has 3 N–H and O–H groups in total. The Morgan fingerprint density at radius 3 is 2.26 bits per heavy atom. The molecule has 0 bridgehead atoms. The predicted octanol–water partition coefficient (Wildman–Crippen LogP) is 2.96. The summed E-state index contributed by atoms with van der Waals surface area (Å²) in [6.07, 6.45) is 5.79. The molecule has 2 rings (SSSR count). The Hall–Kier alpha value is -0.810. The molecule has 4 atom stereocenters. The second-order valence-corrected chi connectivity index (χ2v) is 8.79. The second kappa shape index (κ2) is 6.98. The van der Waals surface area contributed by atoms with E-state index >= 15 is 0 Å². The summed E-state index contributed by atoms with van der Waals surface area (Å²) >= 11 is 0. The fraction of sp³-hybridized carbons (Fsp3) is 0.944. The van der Waals surface area contributed by atoms with Gasteiger partial charge >= 0.3 is 6.09 Å². The summed E-state index contributed by atoms with van der Waals surface area (Å²) in [5.41, 5.74) is -0.569. The van der Waals surface area contributed by atoms with Gasteiger partial charge in [-0.2, -0.15) is 0 Å². The minimum atomic E-state index is -0.474. The van der Waals surface area contributed by atoms with Gasteiger partial charge in [-0.25, -0.2) is 4.79 Å². The quantitative estimate of drug-likeness (QED) is 0.697. The van der Waals surface area contributed by atoms with Crippen molar-refractivity contribution in [2.45, 2.75) is 103 Å². The Morgan fingerprint density at radius 1 is 1.13 bits per heavy atom. The number of amides is 1. The van der Waals surface area contributed by atoms with Crippen LogP contribution in [0.25, 0.3) is 0 Å². The molecule has 4 unspecified atom stereocenters. The van der Waals surface area contributed by atoms with Crippen molar-refractivity contribution in [1.29, 1.82) is 0 Å². The molecule has 0 spiro atoms. The van der Waals surface area contributed by atoms with Crippen LogP contribution in [0.15, 0.2) is 0 Å². The van der Waals surface area contributed by atoms with Crippen LogP contribution < -0.4 is 10.6 Å². The molecule has 0 aliphatic heterocycles. The van der Waals surface area contributed by atoms with E-state index in [1.54, 1.807) is 0 Å². The largest absolute Gasteiger partial charge is 0.444 e. The first-order chi connectivity index (χ1) is 10.6. The van der Waals surface area contributed by atoms with Crippen molar-refractivity contribution in [1.82, 2.24) is 10.6 Å². The van der Waals surface area contributed by atoms with Crippen molar-refractivity contribution in [3.63, 3.8) is 0 Å². The number of rotatable bonds is 3. The van der Waals surface area contributed by atoms with Gasteiger partial charge < -0.3 is 20.5 Å². The summed E-state index contributed by atoms with van der Waals surface area (Å²) in [7, 11) is 0. The van der Waals surface area contributed by atoms with E-state index in [2.05, 4.69) is 24.5 Å². The molecule has 2 aliphatic rings. The summed E-state index contributed by atoms with van der Waals surface area (Å²) in [4.78, 5) is 12.1. The molecule has 5 nitrogen and oxygen atoms in total. The van der Waals surface area contributed by atoms with Gasteiger partial charge in [0.25, 0.3) is 0 Å². The Bertz CT molecular complexity index is 417. The van der Waals surface area contributed by atoms with Crippen LogP contribution in [0.2, 0.25) is 0 Å². The van der Waals surface area contributed by atoms with E-state index in [4.69, 9.17) is 4.74 Å². The van der Waals surface area contributed by atoms with Crippen molar-refractivity contribution in [3.05, 3.63) is 0 Å². The number of nitrogens with one attached hydrogen (secondary N) is 2. The summed E-state index contributed by atoms with van der Waals surface area (Å²) in [6, 6.07) is 0.659. The van der Waals surface area contributed by atoms with E-state index in [9.17, 15) is 9.90 Å². The third-order valence-corrected chi connectivity index (χ3v) is 5.35. The molecule has 2 fully saturated rings. The zero-order valence-electron chi connectivity index (χ0n) is 15.3. The van der Waals surface area contributed by atoms with Crippen LogP contribution in [0.5, 0.6) is 0 Å². The molecule has 0 aromatic carbocycles. The molecule has 2 aliphatic carbocycles. The zero-order chi connectivity index (χ0) is 17.3. The Balaban J connectivity index is 1.96. The molecule has 0 radical (unpaired) electrons. The molecule has 23 heavy (non-hydrogen) atoms. The Morgan fingerprint density at radius 2 is 1.74 bits per heavy atom. The first kappa shape index (κ1) is 18.5. The zero-order valence-corrected chi connectivity index (χ0v) is 15.3. The van der Waals surface area contributed by atoms with Crippen molar-refractivity contribution in [3.8, 4) is 0 Å². The number of hydrogen-bond donors (Lipinski definition) is 3. The van der Waals surface area contributed by atoms with E-state index < -0.39 is 5.60 Å². The lowest BCUT2D eigenvalue weighted by Gasteiger charge is -2.51. The number of hydrogen-bond acceptors (Lipinski definition) is 4. The van der Waals surface area contributed by atoms with Gasteiger partial charge in [0.1, 0.15) is 5.60 Å². The number of alkyl carbamates (subject to hydrolysis) is 1. The lowest BCUT2D eigenvalue weighted by molar-refractivity contribution is -0.0773. The van der Waals surface area contributed by atoms with Gasteiger partial charge in [0.15, 0.2) is 0 Å². The maximum absolute atomic E-state index is 12.1. The fourth-order valence-corrected chi connectivity index (χ4v) is 3.58. The van der Waals surface area contributed by atoms with Crippen LogP contribution in [0, 0.1) is 5.41 Å². The fourth-order valence-electron chi connectivity index (χ4n) is 3.58. The van der Waals surface area contributed by atoms with E-state index in [0.29, 0.717) is 6.04 Å². The summed E-state index contributed by atoms with van der Waals surface area (Å²) in [5, 5.41) is 16.7. The number of aliphatic hydroxyl groups is 1. The van der Waals surface area contributed by atoms with Crippen LogP contribution >= 0.6 is 0 Å². The van der Waals surface area contributed by atoms with Gasteiger partial charge in [-0.15, -0.1) is 0 Å². The highest BCUT2D eigenvalue weighted by atomic mass is 16.6. The third kappa shape index (κ3) is 4.83. The van der Waals surface area contributed by atoms with Gasteiger partial charge in [0, 0.05) is 23.5 Å². The van der Waals surface area contributed by atoms with E-state index in [0.717, 1.165) is 25.7 Å². The highest BCUT2D eigenvalue weighted by Crippen LogP contribution is 2.41. The SMILES string of the molecule is CC(C)(C)OC(=O)NC1CCCCCC1NC1CC(O)C1(C)C. The summed E-state index contributed by atoms with van der Waals surface area (Å²) in [5.74, 6) is 0. The first-order valence-corrected chi connectivity index (χ1v) is 9.03. The average molecular weight is 326 g/mol. The van der Waals surface area contributed by atoms with E-state index in [1.807, 2.05) is 20.8 Å². The molecule has 0 aromatic heterocycles. The molecule has 134 valence electrons. The average Bonchev–Trinajstić information content (AvgIpc) is 2.62. The van der Waals surface area contributed by atoms with Crippen LogP contribution in [0.1, 0.15) is 73.1 Å². The lowest BCUT2D eigenvalue weighted by atomic mass is 9.64. The highest BCUT2D eigenvalue weighted by Gasteiger charge is 2.48. The Labute approximate surface area is 140 Å². The Kier molecular flexibility index (Phi) is 5.62. The van der Waals surface area contributed by atoms with Gasteiger partial charge in [0.2, 0.25) is 0 Å². The molecule has 2 saturated carbocycles. The lowest BCUT2D eigenvalue weighted by Crippen LogP contribution is -2.64. The first-order valence-electron chi connectivity index (χ1n) is 9.03. The van der Waals surface area contributed by atoms with Crippen LogP contribution in [0.3, 0.4) is 0 Å². The van der Waals surface area contributed by atoms with E-state index in [-0.39, 0.29) is 29.7 Å². The van der Waals surface area contributed by atoms with Gasteiger partial charge in [-0.1, -0.05) is 33.1 Å². The van der Waals surface area contributed by atoms with Gasteiger partial charge in [0.05, 0.1) is 6.10 Å². The minimum absolute atomic E-state index is 0.0945. The maximum atomic E-state index is 12.1. The molecule has 0 saturated heterocycles. The smallest absolute Gasteiger partial charge is 0.407 e. The second-order valence-electron chi connectivity index (χ2n) is 8.79. The van der Waals surface area contributed by atoms with Crippen LogP contribution in [-0.2, 0) is 4.74 Å². The highest BCUT2D eigenvalue weighted by molar-refractivity contribution is 5.68. The number of carbonyl (C=O) groups is 1. The van der Waals surface area contributed by atoms with Crippen molar-refractivity contribution >= 4 is 6.09 Å².